The van der Waals surface area contributed by atoms with Gasteiger partial charge in [0, 0.05) is 19.3 Å². The van der Waals surface area contributed by atoms with Crippen molar-refractivity contribution in [1.82, 2.24) is 0 Å². The van der Waals surface area contributed by atoms with Gasteiger partial charge in [-0.2, -0.15) is 0 Å². The highest BCUT2D eigenvalue weighted by molar-refractivity contribution is 5.71. The predicted octanol–water partition coefficient (Wildman–Crippen LogP) is 16.5. The van der Waals surface area contributed by atoms with E-state index < -0.39 is 6.10 Å². The number of rotatable bonds is 46. The summed E-state index contributed by atoms with van der Waals surface area (Å²) in [5.74, 6) is 0.762. The van der Waals surface area contributed by atoms with Crippen LogP contribution >= 0.6 is 0 Å². The van der Waals surface area contributed by atoms with E-state index in [2.05, 4.69) is 34.6 Å². The summed E-state index contributed by atoms with van der Waals surface area (Å²) in [6.45, 7) is 11.3. The van der Waals surface area contributed by atoms with Gasteiger partial charge in [-0.25, -0.2) is 0 Å². The molecule has 0 amide bonds. The van der Waals surface area contributed by atoms with Crippen LogP contribution in [0.5, 0.6) is 0 Å². The monoisotopic (exact) mass is 821 g/mol. The lowest BCUT2D eigenvalue weighted by atomic mass is 10.0. The highest BCUT2D eigenvalue weighted by Crippen LogP contribution is 2.17. The fraction of sp³-hybridized carbons (Fsp3) is 0.942. The van der Waals surface area contributed by atoms with Crippen molar-refractivity contribution in [3.8, 4) is 0 Å². The zero-order chi connectivity index (χ0) is 42.6. The normalized spacial score (nSPS) is 12.1. The van der Waals surface area contributed by atoms with Crippen molar-refractivity contribution in [3.63, 3.8) is 0 Å². The third-order valence-electron chi connectivity index (χ3n) is 11.7. The van der Waals surface area contributed by atoms with Crippen molar-refractivity contribution in [3.05, 3.63) is 0 Å². The van der Waals surface area contributed by atoms with Crippen LogP contribution in [0.3, 0.4) is 0 Å². The van der Waals surface area contributed by atoms with Crippen LogP contribution in [0.2, 0.25) is 0 Å². The average molecular weight is 821 g/mol. The molecule has 1 atom stereocenters. The largest absolute Gasteiger partial charge is 0.462 e. The maximum Gasteiger partial charge on any atom is 0.306 e. The van der Waals surface area contributed by atoms with Gasteiger partial charge in [0.1, 0.15) is 13.2 Å². The van der Waals surface area contributed by atoms with Gasteiger partial charge in [-0.05, 0) is 31.1 Å². The first-order chi connectivity index (χ1) is 28.2. The molecule has 0 saturated heterocycles. The second-order valence-electron chi connectivity index (χ2n) is 18.8. The lowest BCUT2D eigenvalue weighted by Gasteiger charge is -2.18. The van der Waals surface area contributed by atoms with E-state index in [0.29, 0.717) is 19.3 Å². The average Bonchev–Trinajstić information content (AvgIpc) is 3.19. The number of ether oxygens (including phenoxy) is 3. The number of carbonyl (C=O) groups is 3. The second kappa shape index (κ2) is 44.9. The lowest BCUT2D eigenvalue weighted by molar-refractivity contribution is -0.167. The first kappa shape index (κ1) is 56.4. The Hall–Kier alpha value is -1.59. The van der Waals surface area contributed by atoms with E-state index in [1.165, 1.54) is 173 Å². The maximum absolute atomic E-state index is 12.8. The van der Waals surface area contributed by atoms with Gasteiger partial charge in [-0.1, -0.05) is 247 Å². The molecule has 58 heavy (non-hydrogen) atoms. The molecule has 0 aromatic rings. The van der Waals surface area contributed by atoms with Crippen molar-refractivity contribution >= 4 is 17.9 Å². The molecule has 0 aliphatic rings. The van der Waals surface area contributed by atoms with E-state index in [4.69, 9.17) is 14.2 Å². The molecule has 0 fully saturated rings. The fourth-order valence-corrected chi connectivity index (χ4v) is 7.81. The standard InChI is InChI=1S/C52H100O6/c1-6-7-8-9-10-11-12-13-14-15-16-17-21-27-32-37-42-50(53)56-45-49(46-57-51(54)43-38-33-28-24-23-26-31-36-41-48(4)5)58-52(55)44-39-34-29-22-19-18-20-25-30-35-40-47(2)3/h47-49H,6-46H2,1-5H3/t49-/m0/s1. The smallest absolute Gasteiger partial charge is 0.306 e. The minimum atomic E-state index is -0.762. The topological polar surface area (TPSA) is 78.9 Å². The molecule has 0 bridgehead atoms. The van der Waals surface area contributed by atoms with E-state index in [1.807, 2.05) is 0 Å². The highest BCUT2D eigenvalue weighted by Gasteiger charge is 2.19. The van der Waals surface area contributed by atoms with E-state index >= 15 is 0 Å². The molecule has 0 aromatic carbocycles. The molecular weight excluding hydrogens is 721 g/mol. The van der Waals surface area contributed by atoms with Crippen molar-refractivity contribution < 1.29 is 28.6 Å². The van der Waals surface area contributed by atoms with E-state index in [0.717, 1.165) is 69.6 Å². The van der Waals surface area contributed by atoms with E-state index in [-0.39, 0.29) is 31.1 Å². The summed E-state index contributed by atoms with van der Waals surface area (Å²) in [6.07, 6.45) is 45.2. The summed E-state index contributed by atoms with van der Waals surface area (Å²) >= 11 is 0. The molecule has 0 rings (SSSR count). The lowest BCUT2D eigenvalue weighted by Crippen LogP contribution is -2.30. The Morgan fingerprint density at radius 1 is 0.328 bits per heavy atom. The first-order valence-electron chi connectivity index (χ1n) is 25.7. The number of esters is 3. The van der Waals surface area contributed by atoms with Crippen molar-refractivity contribution in [2.45, 2.75) is 291 Å². The molecule has 344 valence electrons. The molecule has 6 nitrogen and oxygen atoms in total. The van der Waals surface area contributed by atoms with Crippen molar-refractivity contribution in [2.24, 2.45) is 11.8 Å². The van der Waals surface area contributed by atoms with Crippen LogP contribution < -0.4 is 0 Å². The number of hydrogen-bond acceptors (Lipinski definition) is 6. The van der Waals surface area contributed by atoms with Crippen LogP contribution in [0.25, 0.3) is 0 Å². The van der Waals surface area contributed by atoms with Crippen LogP contribution in [-0.2, 0) is 28.6 Å². The second-order valence-corrected chi connectivity index (χ2v) is 18.8. The van der Waals surface area contributed by atoms with Crippen LogP contribution in [0, 0.1) is 11.8 Å². The number of unbranched alkanes of at least 4 members (excludes halogenated alkanes) is 31. The zero-order valence-corrected chi connectivity index (χ0v) is 39.7. The minimum Gasteiger partial charge on any atom is -0.462 e. The summed E-state index contributed by atoms with van der Waals surface area (Å²) in [5, 5.41) is 0. The Morgan fingerprint density at radius 2 is 0.569 bits per heavy atom. The van der Waals surface area contributed by atoms with Gasteiger partial charge in [-0.3, -0.25) is 14.4 Å². The van der Waals surface area contributed by atoms with E-state index in [1.54, 1.807) is 0 Å². The first-order valence-corrected chi connectivity index (χ1v) is 25.7. The zero-order valence-electron chi connectivity index (χ0n) is 39.7. The Morgan fingerprint density at radius 3 is 0.845 bits per heavy atom. The number of carbonyl (C=O) groups excluding carboxylic acids is 3. The third kappa shape index (κ3) is 45.5. The molecule has 0 aromatic heterocycles. The van der Waals surface area contributed by atoms with Gasteiger partial charge in [0.2, 0.25) is 0 Å². The Bertz CT molecular complexity index is 885. The van der Waals surface area contributed by atoms with Gasteiger partial charge < -0.3 is 14.2 Å². The quantitative estimate of drug-likeness (QED) is 0.0346. The predicted molar refractivity (Wildman–Crippen MR) is 247 cm³/mol. The molecule has 0 unspecified atom stereocenters. The Balaban J connectivity index is 4.30. The van der Waals surface area contributed by atoms with Crippen LogP contribution in [0.1, 0.15) is 285 Å². The molecular formula is C52H100O6. The number of hydrogen-bond donors (Lipinski definition) is 0. The molecule has 0 saturated carbocycles. The minimum absolute atomic E-state index is 0.0641. The highest BCUT2D eigenvalue weighted by atomic mass is 16.6. The van der Waals surface area contributed by atoms with Gasteiger partial charge in [0.05, 0.1) is 0 Å². The maximum atomic E-state index is 12.8. The van der Waals surface area contributed by atoms with Crippen molar-refractivity contribution in [2.75, 3.05) is 13.2 Å². The van der Waals surface area contributed by atoms with Gasteiger partial charge >= 0.3 is 17.9 Å². The third-order valence-corrected chi connectivity index (χ3v) is 11.7. The molecule has 0 heterocycles. The molecule has 0 spiro atoms. The summed E-state index contributed by atoms with van der Waals surface area (Å²) in [6, 6.07) is 0. The van der Waals surface area contributed by atoms with E-state index in [9.17, 15) is 14.4 Å². The van der Waals surface area contributed by atoms with Gasteiger partial charge in [0.25, 0.3) is 0 Å². The summed E-state index contributed by atoms with van der Waals surface area (Å²) in [7, 11) is 0. The molecule has 0 aliphatic carbocycles. The molecule has 0 aliphatic heterocycles. The summed E-state index contributed by atoms with van der Waals surface area (Å²) in [5.41, 5.74) is 0. The Labute approximate surface area is 361 Å². The van der Waals surface area contributed by atoms with Gasteiger partial charge in [0.15, 0.2) is 6.10 Å². The van der Waals surface area contributed by atoms with Crippen LogP contribution in [-0.4, -0.2) is 37.2 Å². The van der Waals surface area contributed by atoms with Gasteiger partial charge in [-0.15, -0.1) is 0 Å². The van der Waals surface area contributed by atoms with Crippen molar-refractivity contribution in [1.29, 1.82) is 0 Å². The molecule has 6 heteroatoms. The summed E-state index contributed by atoms with van der Waals surface area (Å²) in [4.78, 5) is 37.9. The molecule has 0 N–H and O–H groups in total. The SMILES string of the molecule is CCCCCCCCCCCCCCCCCCC(=O)OC[C@@H](COC(=O)CCCCCCCCCCC(C)C)OC(=O)CCCCCCCCCCCCC(C)C. The summed E-state index contributed by atoms with van der Waals surface area (Å²) < 4.78 is 16.8. The molecule has 0 radical (unpaired) electrons. The Kier molecular flexibility index (Phi) is 43.7. The van der Waals surface area contributed by atoms with Crippen LogP contribution in [0.15, 0.2) is 0 Å². The van der Waals surface area contributed by atoms with Crippen LogP contribution in [0.4, 0.5) is 0 Å². The fourth-order valence-electron chi connectivity index (χ4n) is 7.81.